The van der Waals surface area contributed by atoms with Crippen LogP contribution >= 0.6 is 23.2 Å². The van der Waals surface area contributed by atoms with Crippen LogP contribution in [0.25, 0.3) is 5.57 Å². The van der Waals surface area contributed by atoms with E-state index in [2.05, 4.69) is 10.6 Å². The maximum absolute atomic E-state index is 12.2. The Balaban J connectivity index is 1.86. The first-order chi connectivity index (χ1) is 11.0. The number of fused-ring (bicyclic) bond motifs is 1. The van der Waals surface area contributed by atoms with Crippen molar-refractivity contribution in [2.24, 2.45) is 0 Å². The van der Waals surface area contributed by atoms with Crippen LogP contribution in [0.15, 0.2) is 42.5 Å². The Kier molecular flexibility index (Phi) is 4.46. The third-order valence-electron chi connectivity index (χ3n) is 3.57. The van der Waals surface area contributed by atoms with E-state index in [-0.39, 0.29) is 5.91 Å². The number of nitrogens with two attached hydrogens (primary N) is 1. The summed E-state index contributed by atoms with van der Waals surface area (Å²) in [5, 5.41) is 7.16. The van der Waals surface area contributed by atoms with Crippen LogP contribution in [-0.4, -0.2) is 12.5 Å². The molecule has 0 saturated carbocycles. The molecule has 0 unspecified atom stereocenters. The third-order valence-corrected chi connectivity index (χ3v) is 4.09. The molecule has 0 aromatic heterocycles. The molecule has 0 fully saturated rings. The molecule has 1 amide bonds. The van der Waals surface area contributed by atoms with Gasteiger partial charge in [0.15, 0.2) is 0 Å². The lowest BCUT2D eigenvalue weighted by molar-refractivity contribution is -0.111. The normalized spacial score (nSPS) is 15.0. The minimum absolute atomic E-state index is 0.205. The first-order valence-corrected chi connectivity index (χ1v) is 7.89. The van der Waals surface area contributed by atoms with E-state index in [1.807, 2.05) is 6.07 Å². The smallest absolute Gasteiger partial charge is 0.248 e. The highest BCUT2D eigenvalue weighted by Crippen LogP contribution is 2.38. The van der Waals surface area contributed by atoms with Crippen molar-refractivity contribution in [1.29, 1.82) is 0 Å². The molecule has 2 aromatic carbocycles. The van der Waals surface area contributed by atoms with Crippen molar-refractivity contribution < 1.29 is 4.79 Å². The van der Waals surface area contributed by atoms with Gasteiger partial charge < -0.3 is 16.4 Å². The van der Waals surface area contributed by atoms with Crippen LogP contribution in [0.4, 0.5) is 17.1 Å². The van der Waals surface area contributed by atoms with Crippen molar-refractivity contribution >= 4 is 51.7 Å². The number of halogens is 2. The summed E-state index contributed by atoms with van der Waals surface area (Å²) in [5.41, 5.74) is 9.53. The Bertz CT molecular complexity index is 785. The predicted octanol–water partition coefficient (Wildman–Crippen LogP) is 4.41. The Morgan fingerprint density at radius 2 is 1.96 bits per heavy atom. The van der Waals surface area contributed by atoms with E-state index >= 15 is 0 Å². The highest BCUT2D eigenvalue weighted by atomic mass is 35.5. The number of hydrogen-bond acceptors (Lipinski definition) is 3. The number of benzene rings is 2. The second-order valence-electron chi connectivity index (χ2n) is 5.27. The van der Waals surface area contributed by atoms with Crippen LogP contribution in [-0.2, 0) is 4.79 Å². The standard InChI is InChI=1S/C17H15Cl2N3O/c18-11-8-14(19)17-10(5-6-21-15(17)9-11)7-16(23)22-13-3-1-12(20)2-4-13/h1-4,7-9,21H,5-6,20H2,(H,22,23)/b10-7+. The lowest BCUT2D eigenvalue weighted by Gasteiger charge is -2.22. The molecule has 0 radical (unpaired) electrons. The van der Waals surface area contributed by atoms with Crippen LogP contribution in [0.5, 0.6) is 0 Å². The zero-order valence-corrected chi connectivity index (χ0v) is 13.7. The molecule has 4 nitrogen and oxygen atoms in total. The lowest BCUT2D eigenvalue weighted by Crippen LogP contribution is -2.14. The second-order valence-corrected chi connectivity index (χ2v) is 6.11. The summed E-state index contributed by atoms with van der Waals surface area (Å²) < 4.78 is 0. The second kappa shape index (κ2) is 6.52. The first-order valence-electron chi connectivity index (χ1n) is 7.13. The molecule has 4 N–H and O–H groups in total. The van der Waals surface area contributed by atoms with Gasteiger partial charge in [-0.1, -0.05) is 23.2 Å². The van der Waals surface area contributed by atoms with Crippen LogP contribution in [0.1, 0.15) is 12.0 Å². The van der Waals surface area contributed by atoms with Gasteiger partial charge in [0, 0.05) is 40.3 Å². The number of amides is 1. The fraction of sp³-hybridized carbons (Fsp3) is 0.118. The molecule has 0 bridgehead atoms. The van der Waals surface area contributed by atoms with Gasteiger partial charge in [-0.3, -0.25) is 4.79 Å². The number of nitrogen functional groups attached to an aromatic ring is 1. The van der Waals surface area contributed by atoms with Crippen molar-refractivity contribution in [1.82, 2.24) is 0 Å². The molecular formula is C17H15Cl2N3O. The molecule has 0 aliphatic carbocycles. The summed E-state index contributed by atoms with van der Waals surface area (Å²) in [6.07, 6.45) is 2.29. The predicted molar refractivity (Wildman–Crippen MR) is 97.0 cm³/mol. The van der Waals surface area contributed by atoms with Gasteiger partial charge in [0.25, 0.3) is 0 Å². The Labute approximate surface area is 144 Å². The molecule has 1 heterocycles. The zero-order valence-electron chi connectivity index (χ0n) is 12.2. The average molecular weight is 348 g/mol. The van der Waals surface area contributed by atoms with E-state index in [1.165, 1.54) is 0 Å². The SMILES string of the molecule is Nc1ccc(NC(=O)/C=C2\CCNc3cc(Cl)cc(Cl)c32)cc1. The van der Waals surface area contributed by atoms with Gasteiger partial charge in [0.05, 0.1) is 5.02 Å². The highest BCUT2D eigenvalue weighted by Gasteiger charge is 2.18. The number of nitrogens with one attached hydrogen (secondary N) is 2. The number of carbonyl (C=O) groups is 1. The molecule has 1 aliphatic heterocycles. The van der Waals surface area contributed by atoms with E-state index in [9.17, 15) is 4.79 Å². The monoisotopic (exact) mass is 347 g/mol. The largest absolute Gasteiger partial charge is 0.399 e. The van der Waals surface area contributed by atoms with E-state index in [1.54, 1.807) is 36.4 Å². The van der Waals surface area contributed by atoms with Crippen LogP contribution in [0, 0.1) is 0 Å². The molecular weight excluding hydrogens is 333 g/mol. The van der Waals surface area contributed by atoms with Crippen LogP contribution in [0.3, 0.4) is 0 Å². The average Bonchev–Trinajstić information content (AvgIpc) is 2.49. The van der Waals surface area contributed by atoms with Crippen LogP contribution < -0.4 is 16.4 Å². The van der Waals surface area contributed by atoms with E-state index in [0.717, 1.165) is 23.4 Å². The van der Waals surface area contributed by atoms with Crippen molar-refractivity contribution in [3.05, 3.63) is 58.1 Å². The number of carbonyl (C=O) groups excluding carboxylic acids is 1. The van der Waals surface area contributed by atoms with Gasteiger partial charge >= 0.3 is 0 Å². The maximum atomic E-state index is 12.2. The van der Waals surface area contributed by atoms with Gasteiger partial charge in [0.1, 0.15) is 0 Å². The van der Waals surface area contributed by atoms with Crippen molar-refractivity contribution in [3.8, 4) is 0 Å². The summed E-state index contributed by atoms with van der Waals surface area (Å²) in [6.45, 7) is 0.727. The van der Waals surface area contributed by atoms with Gasteiger partial charge in [0.2, 0.25) is 5.91 Å². The summed E-state index contributed by atoms with van der Waals surface area (Å²) in [4.78, 5) is 12.2. The molecule has 0 saturated heterocycles. The molecule has 3 rings (SSSR count). The van der Waals surface area contributed by atoms with Gasteiger partial charge in [-0.05, 0) is 48.4 Å². The zero-order chi connectivity index (χ0) is 16.4. The third kappa shape index (κ3) is 3.60. The molecule has 23 heavy (non-hydrogen) atoms. The fourth-order valence-electron chi connectivity index (χ4n) is 2.54. The maximum Gasteiger partial charge on any atom is 0.248 e. The Hall–Kier alpha value is -2.17. The summed E-state index contributed by atoms with van der Waals surface area (Å²) >= 11 is 12.3. The van der Waals surface area contributed by atoms with Crippen molar-refractivity contribution in [2.45, 2.75) is 6.42 Å². The Morgan fingerprint density at radius 1 is 1.22 bits per heavy atom. The van der Waals surface area contributed by atoms with Gasteiger partial charge in [-0.25, -0.2) is 0 Å². The summed E-state index contributed by atoms with van der Waals surface area (Å²) in [6, 6.07) is 10.5. The summed E-state index contributed by atoms with van der Waals surface area (Å²) in [5.74, 6) is -0.205. The minimum atomic E-state index is -0.205. The van der Waals surface area contributed by atoms with Crippen molar-refractivity contribution in [3.63, 3.8) is 0 Å². The quantitative estimate of drug-likeness (QED) is 0.556. The number of hydrogen-bond donors (Lipinski definition) is 3. The molecule has 1 aliphatic rings. The molecule has 118 valence electrons. The molecule has 2 aromatic rings. The topological polar surface area (TPSA) is 67.1 Å². The number of anilines is 3. The van der Waals surface area contributed by atoms with Gasteiger partial charge in [-0.2, -0.15) is 0 Å². The molecule has 6 heteroatoms. The lowest BCUT2D eigenvalue weighted by atomic mass is 9.96. The molecule has 0 atom stereocenters. The van der Waals surface area contributed by atoms with E-state index < -0.39 is 0 Å². The Morgan fingerprint density at radius 3 is 2.70 bits per heavy atom. The van der Waals surface area contributed by atoms with Crippen molar-refractivity contribution in [2.75, 3.05) is 22.9 Å². The minimum Gasteiger partial charge on any atom is -0.399 e. The highest BCUT2D eigenvalue weighted by molar-refractivity contribution is 6.36. The van der Waals surface area contributed by atoms with E-state index in [4.69, 9.17) is 28.9 Å². The van der Waals surface area contributed by atoms with E-state index in [0.29, 0.717) is 27.8 Å². The molecule has 0 spiro atoms. The summed E-state index contributed by atoms with van der Waals surface area (Å²) in [7, 11) is 0. The number of rotatable bonds is 2. The fourth-order valence-corrected chi connectivity index (χ4v) is 3.16. The van der Waals surface area contributed by atoms with Crippen LogP contribution in [0.2, 0.25) is 10.0 Å². The first kappa shape index (κ1) is 15.7. The van der Waals surface area contributed by atoms with Gasteiger partial charge in [-0.15, -0.1) is 0 Å².